The summed E-state index contributed by atoms with van der Waals surface area (Å²) < 4.78 is 39.7. The molecule has 0 unspecified atom stereocenters. The summed E-state index contributed by atoms with van der Waals surface area (Å²) in [5.74, 6) is -0.444. The van der Waals surface area contributed by atoms with Crippen LogP contribution in [0, 0.1) is 18.3 Å². The Hall–Kier alpha value is -2.56. The summed E-state index contributed by atoms with van der Waals surface area (Å²) in [4.78, 5) is 26.0. The van der Waals surface area contributed by atoms with Crippen LogP contribution in [0.4, 0.5) is 18.9 Å². The van der Waals surface area contributed by atoms with Crippen molar-refractivity contribution < 1.29 is 22.8 Å². The Labute approximate surface area is 137 Å². The quantitative estimate of drug-likeness (QED) is 0.795. The first-order valence-corrected chi connectivity index (χ1v) is 7.32. The normalized spacial score (nSPS) is 17.5. The minimum absolute atomic E-state index is 0.0732. The molecule has 1 atom stereocenters. The highest BCUT2D eigenvalue weighted by Gasteiger charge is 2.38. The van der Waals surface area contributed by atoms with Gasteiger partial charge >= 0.3 is 6.18 Å². The van der Waals surface area contributed by atoms with Crippen molar-refractivity contribution in [3.63, 3.8) is 0 Å². The van der Waals surface area contributed by atoms with E-state index in [0.717, 1.165) is 11.0 Å². The zero-order valence-corrected chi connectivity index (χ0v) is 13.2. The average Bonchev–Trinajstić information content (AvgIpc) is 3.00. The first kappa shape index (κ1) is 17.8. The topological polar surface area (TPSA) is 64.4 Å². The maximum absolute atomic E-state index is 13.2. The highest BCUT2D eigenvalue weighted by Crippen LogP contribution is 2.38. The van der Waals surface area contributed by atoms with Gasteiger partial charge in [0.15, 0.2) is 0 Å². The predicted molar refractivity (Wildman–Crippen MR) is 80.1 cm³/mol. The Bertz CT molecular complexity index is 710. The average molecular weight is 339 g/mol. The molecule has 128 valence electrons. The molecule has 1 aliphatic rings. The second-order valence-corrected chi connectivity index (χ2v) is 5.64. The number of likely N-dealkylation sites (tertiary alicyclic amines) is 1. The van der Waals surface area contributed by atoms with Crippen molar-refractivity contribution in [2.45, 2.75) is 32.0 Å². The number of carbonyl (C=O) groups excluding carboxylic acids is 2. The minimum Gasteiger partial charge on any atom is -0.333 e. The van der Waals surface area contributed by atoms with Gasteiger partial charge in [0.25, 0.3) is 0 Å². The van der Waals surface area contributed by atoms with Crippen molar-refractivity contribution in [3.8, 4) is 6.07 Å². The van der Waals surface area contributed by atoms with Crippen molar-refractivity contribution in [2.75, 3.05) is 18.5 Å². The van der Waals surface area contributed by atoms with Gasteiger partial charge in [0.1, 0.15) is 6.04 Å². The van der Waals surface area contributed by atoms with Crippen LogP contribution in [0.1, 0.15) is 29.5 Å². The van der Waals surface area contributed by atoms with Crippen molar-refractivity contribution in [3.05, 3.63) is 28.8 Å². The summed E-state index contributed by atoms with van der Waals surface area (Å²) >= 11 is 0. The maximum atomic E-state index is 13.2. The fourth-order valence-electron chi connectivity index (χ4n) is 3.05. The van der Waals surface area contributed by atoms with E-state index in [0.29, 0.717) is 25.8 Å². The molecule has 0 radical (unpaired) electrons. The summed E-state index contributed by atoms with van der Waals surface area (Å²) in [7, 11) is 1.37. The molecule has 0 saturated carbocycles. The van der Waals surface area contributed by atoms with E-state index >= 15 is 0 Å². The number of anilines is 1. The van der Waals surface area contributed by atoms with Crippen LogP contribution in [0.5, 0.6) is 0 Å². The number of halogens is 3. The Kier molecular flexibility index (Phi) is 4.83. The third-order valence-corrected chi connectivity index (χ3v) is 4.25. The van der Waals surface area contributed by atoms with E-state index in [2.05, 4.69) is 0 Å². The number of nitriles is 1. The molecular formula is C16H16F3N3O2. The van der Waals surface area contributed by atoms with Gasteiger partial charge in [-0.25, -0.2) is 0 Å². The second-order valence-electron chi connectivity index (χ2n) is 5.64. The Balaban J connectivity index is 2.44. The number of rotatable bonds is 3. The van der Waals surface area contributed by atoms with Gasteiger partial charge in [-0.05, 0) is 37.5 Å². The third kappa shape index (κ3) is 3.07. The summed E-state index contributed by atoms with van der Waals surface area (Å²) in [6.07, 6.45) is -2.97. The van der Waals surface area contributed by atoms with E-state index in [9.17, 15) is 22.8 Å². The van der Waals surface area contributed by atoms with Crippen molar-refractivity contribution in [2.24, 2.45) is 0 Å². The van der Waals surface area contributed by atoms with Gasteiger partial charge < -0.3 is 9.80 Å². The predicted octanol–water partition coefficient (Wildman–Crippen LogP) is 2.47. The molecule has 0 aromatic heterocycles. The third-order valence-electron chi connectivity index (χ3n) is 4.25. The molecule has 0 N–H and O–H groups in total. The fraction of sp³-hybridized carbons (Fsp3) is 0.438. The van der Waals surface area contributed by atoms with Crippen LogP contribution in [0.25, 0.3) is 0 Å². The molecule has 0 aliphatic carbocycles. The number of hydrogen-bond donors (Lipinski definition) is 0. The SMILES string of the molecule is Cc1c(N(C)C(=O)[C@H]2CCCN2C=O)ccc(C#N)c1C(F)(F)F. The Morgan fingerprint density at radius 1 is 1.46 bits per heavy atom. The lowest BCUT2D eigenvalue weighted by Crippen LogP contribution is -2.44. The summed E-state index contributed by atoms with van der Waals surface area (Å²) in [5, 5.41) is 8.91. The zero-order chi connectivity index (χ0) is 18.1. The molecule has 0 spiro atoms. The van der Waals surface area contributed by atoms with E-state index in [1.807, 2.05) is 0 Å². The molecule has 2 amide bonds. The van der Waals surface area contributed by atoms with Gasteiger partial charge in [0.05, 0.1) is 17.2 Å². The van der Waals surface area contributed by atoms with Crippen LogP contribution in [0.3, 0.4) is 0 Å². The number of nitrogens with zero attached hydrogens (tertiary/aromatic N) is 3. The van der Waals surface area contributed by atoms with E-state index in [-0.39, 0.29) is 11.3 Å². The number of likely N-dealkylation sites (N-methyl/N-ethyl adjacent to an activating group) is 1. The van der Waals surface area contributed by atoms with E-state index in [1.165, 1.54) is 31.0 Å². The van der Waals surface area contributed by atoms with Crippen LogP contribution >= 0.6 is 0 Å². The largest absolute Gasteiger partial charge is 0.418 e. The monoisotopic (exact) mass is 339 g/mol. The smallest absolute Gasteiger partial charge is 0.333 e. The van der Waals surface area contributed by atoms with Gasteiger partial charge in [0, 0.05) is 19.3 Å². The van der Waals surface area contributed by atoms with Gasteiger partial charge in [-0.3, -0.25) is 9.59 Å². The first-order valence-electron chi connectivity index (χ1n) is 7.32. The molecule has 0 bridgehead atoms. The Morgan fingerprint density at radius 3 is 2.67 bits per heavy atom. The molecule has 5 nitrogen and oxygen atoms in total. The zero-order valence-electron chi connectivity index (χ0n) is 13.2. The number of alkyl halides is 3. The number of benzene rings is 1. The molecular weight excluding hydrogens is 323 g/mol. The van der Waals surface area contributed by atoms with Crippen molar-refractivity contribution >= 4 is 18.0 Å². The van der Waals surface area contributed by atoms with E-state index in [4.69, 9.17) is 5.26 Å². The second kappa shape index (κ2) is 6.51. The molecule has 2 rings (SSSR count). The van der Waals surface area contributed by atoms with E-state index in [1.54, 1.807) is 0 Å². The molecule has 1 heterocycles. The first-order chi connectivity index (χ1) is 11.2. The molecule has 1 aromatic rings. The lowest BCUT2D eigenvalue weighted by Gasteiger charge is -2.27. The molecule has 24 heavy (non-hydrogen) atoms. The standard InChI is InChI=1S/C16H16F3N3O2/c1-10-12(6-5-11(8-20)14(10)16(17,18)19)21(2)15(24)13-4-3-7-22(13)9-23/h5-6,9,13H,3-4,7H2,1-2H3/t13-/m1/s1. The lowest BCUT2D eigenvalue weighted by atomic mass is 9.99. The van der Waals surface area contributed by atoms with Crippen LogP contribution in [-0.4, -0.2) is 36.9 Å². The highest BCUT2D eigenvalue weighted by molar-refractivity contribution is 5.98. The van der Waals surface area contributed by atoms with Crippen LogP contribution < -0.4 is 4.90 Å². The number of amides is 2. The Morgan fingerprint density at radius 2 is 2.12 bits per heavy atom. The van der Waals surface area contributed by atoms with Gasteiger partial charge in [-0.2, -0.15) is 18.4 Å². The molecule has 1 aromatic carbocycles. The van der Waals surface area contributed by atoms with Crippen LogP contribution in [0.15, 0.2) is 12.1 Å². The molecule has 8 heteroatoms. The van der Waals surface area contributed by atoms with Gasteiger partial charge in [-0.1, -0.05) is 0 Å². The van der Waals surface area contributed by atoms with E-state index < -0.39 is 29.3 Å². The minimum atomic E-state index is -4.70. The molecule has 1 aliphatic heterocycles. The summed E-state index contributed by atoms with van der Waals surface area (Å²) in [6, 6.07) is 3.24. The fourth-order valence-corrected chi connectivity index (χ4v) is 3.05. The lowest BCUT2D eigenvalue weighted by molar-refractivity contribution is -0.138. The van der Waals surface area contributed by atoms with Gasteiger partial charge in [0.2, 0.25) is 12.3 Å². The van der Waals surface area contributed by atoms with Crippen molar-refractivity contribution in [1.82, 2.24) is 4.90 Å². The van der Waals surface area contributed by atoms with Gasteiger partial charge in [-0.15, -0.1) is 0 Å². The van der Waals surface area contributed by atoms with Crippen molar-refractivity contribution in [1.29, 1.82) is 5.26 Å². The maximum Gasteiger partial charge on any atom is 0.418 e. The van der Waals surface area contributed by atoms with Crippen LogP contribution in [-0.2, 0) is 15.8 Å². The summed E-state index contributed by atoms with van der Waals surface area (Å²) in [6.45, 7) is 1.68. The highest BCUT2D eigenvalue weighted by atomic mass is 19.4. The summed E-state index contributed by atoms with van der Waals surface area (Å²) in [5.41, 5.74) is -1.64. The molecule has 1 fully saturated rings. The number of carbonyl (C=O) groups is 2. The molecule has 1 saturated heterocycles. The van der Waals surface area contributed by atoms with Crippen LogP contribution in [0.2, 0.25) is 0 Å². The number of hydrogen-bond acceptors (Lipinski definition) is 3.